The minimum atomic E-state index is -0.480. The van der Waals surface area contributed by atoms with E-state index < -0.39 is 5.91 Å². The fourth-order valence-electron chi connectivity index (χ4n) is 2.22. The van der Waals surface area contributed by atoms with E-state index in [0.717, 1.165) is 0 Å². The molecule has 2 heterocycles. The van der Waals surface area contributed by atoms with Gasteiger partial charge in [0.15, 0.2) is 16.7 Å². The molecule has 0 fully saturated rings. The number of furan rings is 1. The summed E-state index contributed by atoms with van der Waals surface area (Å²) in [7, 11) is 0. The summed E-state index contributed by atoms with van der Waals surface area (Å²) in [5.41, 5.74) is 0.652. The van der Waals surface area contributed by atoms with Crippen LogP contribution < -0.4 is 10.6 Å². The van der Waals surface area contributed by atoms with Crippen LogP contribution in [0.5, 0.6) is 5.75 Å². The fourth-order valence-corrected chi connectivity index (χ4v) is 2.82. The largest absolute Gasteiger partial charge is 0.504 e. The monoisotopic (exact) mass is 433 g/mol. The number of carbonyl (C=O) groups excluding carboxylic acids is 1. The maximum atomic E-state index is 12.0. The van der Waals surface area contributed by atoms with E-state index in [0.29, 0.717) is 27.1 Å². The zero-order chi connectivity index (χ0) is 20.1. The van der Waals surface area contributed by atoms with Gasteiger partial charge in [-0.25, -0.2) is 4.98 Å². The highest BCUT2D eigenvalue weighted by atomic mass is 35.5. The summed E-state index contributed by atoms with van der Waals surface area (Å²) in [6.07, 6.45) is 4.22. The highest BCUT2D eigenvalue weighted by Crippen LogP contribution is 2.34. The van der Waals surface area contributed by atoms with Gasteiger partial charge in [0.05, 0.1) is 10.0 Å². The van der Waals surface area contributed by atoms with Gasteiger partial charge in [-0.1, -0.05) is 29.3 Å². The molecule has 0 spiro atoms. The Hall–Kier alpha value is -2.87. The van der Waals surface area contributed by atoms with Gasteiger partial charge in [-0.3, -0.25) is 10.1 Å². The predicted molar refractivity (Wildman–Crippen MR) is 113 cm³/mol. The van der Waals surface area contributed by atoms with E-state index in [1.807, 2.05) is 0 Å². The molecule has 1 aromatic carbocycles. The number of carbonyl (C=O) groups is 1. The van der Waals surface area contributed by atoms with Crippen LogP contribution in [0.2, 0.25) is 10.0 Å². The van der Waals surface area contributed by atoms with E-state index in [1.165, 1.54) is 24.4 Å². The van der Waals surface area contributed by atoms with Crippen molar-refractivity contribution in [1.29, 1.82) is 0 Å². The number of halogens is 2. The second-order valence-electron chi connectivity index (χ2n) is 5.45. The van der Waals surface area contributed by atoms with Crippen molar-refractivity contribution in [3.8, 4) is 17.1 Å². The molecule has 2 aromatic heterocycles. The molecule has 3 N–H and O–H groups in total. The number of rotatable bonds is 4. The minimum absolute atomic E-state index is 0.00510. The summed E-state index contributed by atoms with van der Waals surface area (Å²) in [6, 6.07) is 11.7. The zero-order valence-corrected chi connectivity index (χ0v) is 16.5. The maximum absolute atomic E-state index is 12.0. The molecular formula is C19H13Cl2N3O3S. The standard InChI is InChI=1S/C19H13Cl2N3O3S/c20-13-4-1-3-12(17(13)21)15-8-6-11(27-15)7-9-16(26)23-19(28)24-18-14(25)5-2-10-22-18/h1-10,25H,(H2,22,23,24,26,28). The Labute approximate surface area is 175 Å². The number of nitrogens with one attached hydrogen (secondary N) is 2. The van der Waals surface area contributed by atoms with Gasteiger partial charge < -0.3 is 14.8 Å². The number of aromatic nitrogens is 1. The average molecular weight is 434 g/mol. The van der Waals surface area contributed by atoms with Crippen molar-refractivity contribution in [1.82, 2.24) is 10.3 Å². The molecule has 0 aliphatic heterocycles. The number of nitrogens with zero attached hydrogens (tertiary/aromatic N) is 1. The smallest absolute Gasteiger partial charge is 0.250 e. The van der Waals surface area contributed by atoms with Crippen molar-refractivity contribution in [2.45, 2.75) is 0 Å². The van der Waals surface area contributed by atoms with Crippen LogP contribution in [-0.2, 0) is 4.79 Å². The van der Waals surface area contributed by atoms with Crippen LogP contribution in [0.3, 0.4) is 0 Å². The quantitative estimate of drug-likeness (QED) is 0.401. The number of benzene rings is 1. The van der Waals surface area contributed by atoms with Crippen LogP contribution in [-0.4, -0.2) is 21.1 Å². The predicted octanol–water partition coefficient (Wildman–Crippen LogP) is 4.88. The van der Waals surface area contributed by atoms with Gasteiger partial charge in [-0.15, -0.1) is 0 Å². The van der Waals surface area contributed by atoms with Crippen molar-refractivity contribution in [2.75, 3.05) is 5.32 Å². The molecule has 9 heteroatoms. The van der Waals surface area contributed by atoms with E-state index in [4.69, 9.17) is 39.8 Å². The molecule has 0 saturated carbocycles. The Balaban J connectivity index is 1.62. The second-order valence-corrected chi connectivity index (χ2v) is 6.64. The lowest BCUT2D eigenvalue weighted by molar-refractivity contribution is -0.115. The van der Waals surface area contributed by atoms with Crippen LogP contribution in [0.4, 0.5) is 5.82 Å². The number of hydrogen-bond donors (Lipinski definition) is 3. The third-order valence-corrected chi connectivity index (χ3v) is 4.52. The molecule has 142 valence electrons. The van der Waals surface area contributed by atoms with Gasteiger partial charge in [0.1, 0.15) is 11.5 Å². The highest BCUT2D eigenvalue weighted by molar-refractivity contribution is 7.80. The maximum Gasteiger partial charge on any atom is 0.250 e. The van der Waals surface area contributed by atoms with E-state index >= 15 is 0 Å². The van der Waals surface area contributed by atoms with Crippen molar-refractivity contribution in [3.05, 3.63) is 70.5 Å². The van der Waals surface area contributed by atoms with Gasteiger partial charge in [0.2, 0.25) is 5.91 Å². The number of pyridine rings is 1. The Morgan fingerprint density at radius 1 is 1.18 bits per heavy atom. The Morgan fingerprint density at radius 3 is 2.79 bits per heavy atom. The number of aromatic hydroxyl groups is 1. The average Bonchev–Trinajstić information content (AvgIpc) is 3.13. The summed E-state index contributed by atoms with van der Waals surface area (Å²) in [5.74, 6) is 0.549. The van der Waals surface area contributed by atoms with Gasteiger partial charge >= 0.3 is 0 Å². The molecule has 0 atom stereocenters. The molecule has 0 aliphatic carbocycles. The molecule has 0 aliphatic rings. The summed E-state index contributed by atoms with van der Waals surface area (Å²) in [6.45, 7) is 0. The first-order valence-electron chi connectivity index (χ1n) is 7.92. The van der Waals surface area contributed by atoms with E-state index in [9.17, 15) is 9.90 Å². The lowest BCUT2D eigenvalue weighted by Gasteiger charge is -2.08. The van der Waals surface area contributed by atoms with Crippen molar-refractivity contribution >= 4 is 58.3 Å². The van der Waals surface area contributed by atoms with E-state index in [1.54, 1.807) is 36.4 Å². The van der Waals surface area contributed by atoms with Gasteiger partial charge in [0.25, 0.3) is 0 Å². The molecule has 3 rings (SSSR count). The Kier molecular flexibility index (Phi) is 6.30. The number of thiocarbonyl (C=S) groups is 1. The van der Waals surface area contributed by atoms with Crippen molar-refractivity contribution in [3.63, 3.8) is 0 Å². The lowest BCUT2D eigenvalue weighted by atomic mass is 10.2. The third kappa shape index (κ3) is 4.89. The molecule has 6 nitrogen and oxygen atoms in total. The molecule has 0 unspecified atom stereocenters. The van der Waals surface area contributed by atoms with Gasteiger partial charge in [-0.05, 0) is 54.7 Å². The number of hydrogen-bond acceptors (Lipinski definition) is 5. The molecule has 1 amide bonds. The van der Waals surface area contributed by atoms with Gasteiger partial charge in [-0.2, -0.15) is 0 Å². The van der Waals surface area contributed by atoms with E-state index in [2.05, 4.69) is 15.6 Å². The van der Waals surface area contributed by atoms with Crippen LogP contribution in [0, 0.1) is 0 Å². The Morgan fingerprint density at radius 2 is 2.00 bits per heavy atom. The van der Waals surface area contributed by atoms with Crippen molar-refractivity contribution in [2.24, 2.45) is 0 Å². The van der Waals surface area contributed by atoms with E-state index in [-0.39, 0.29) is 16.7 Å². The lowest BCUT2D eigenvalue weighted by Crippen LogP contribution is -2.33. The second kappa shape index (κ2) is 8.88. The zero-order valence-electron chi connectivity index (χ0n) is 14.1. The molecule has 0 radical (unpaired) electrons. The highest BCUT2D eigenvalue weighted by Gasteiger charge is 2.10. The normalized spacial score (nSPS) is 10.8. The minimum Gasteiger partial charge on any atom is -0.504 e. The topological polar surface area (TPSA) is 87.4 Å². The summed E-state index contributed by atoms with van der Waals surface area (Å²) in [4.78, 5) is 15.9. The first-order valence-corrected chi connectivity index (χ1v) is 9.08. The fraction of sp³-hybridized carbons (Fsp3) is 0. The molecular weight excluding hydrogens is 421 g/mol. The van der Waals surface area contributed by atoms with Gasteiger partial charge in [0, 0.05) is 17.8 Å². The first-order chi connectivity index (χ1) is 13.4. The van der Waals surface area contributed by atoms with Crippen LogP contribution >= 0.6 is 35.4 Å². The molecule has 28 heavy (non-hydrogen) atoms. The molecule has 0 bridgehead atoms. The number of anilines is 1. The van der Waals surface area contributed by atoms with Crippen LogP contribution in [0.1, 0.15) is 5.76 Å². The molecule has 0 saturated heterocycles. The van der Waals surface area contributed by atoms with Crippen LogP contribution in [0.25, 0.3) is 17.4 Å². The molecule has 3 aromatic rings. The first kappa shape index (κ1) is 19.9. The summed E-state index contributed by atoms with van der Waals surface area (Å²) < 4.78 is 5.67. The number of amides is 1. The third-order valence-electron chi connectivity index (χ3n) is 3.50. The Bertz CT molecular complexity index is 1070. The summed E-state index contributed by atoms with van der Waals surface area (Å²) >= 11 is 17.2. The SMILES string of the molecule is O=C(C=Cc1ccc(-c2cccc(Cl)c2Cl)o1)NC(=S)Nc1ncccc1O. The summed E-state index contributed by atoms with van der Waals surface area (Å²) in [5, 5.41) is 15.5. The van der Waals surface area contributed by atoms with Crippen molar-refractivity contribution < 1.29 is 14.3 Å². The van der Waals surface area contributed by atoms with Crippen LogP contribution in [0.15, 0.2) is 59.2 Å².